The lowest BCUT2D eigenvalue weighted by Crippen LogP contribution is -2.34. The van der Waals surface area contributed by atoms with E-state index in [2.05, 4.69) is 4.98 Å². The molecule has 0 bridgehead atoms. The van der Waals surface area contributed by atoms with Crippen LogP contribution in [0.1, 0.15) is 6.42 Å². The number of likely N-dealkylation sites (N-methyl/N-ethyl adjacent to an activating group) is 1. The van der Waals surface area contributed by atoms with Crippen molar-refractivity contribution >= 4 is 28.4 Å². The second-order valence-corrected chi connectivity index (χ2v) is 5.01. The average Bonchev–Trinajstić information content (AvgIpc) is 2.66. The quantitative estimate of drug-likeness (QED) is 0.734. The van der Waals surface area contributed by atoms with E-state index in [9.17, 15) is 9.59 Å². The maximum absolute atomic E-state index is 11.9. The Balaban J connectivity index is 2.02. The van der Waals surface area contributed by atoms with E-state index in [4.69, 9.17) is 10.2 Å². The van der Waals surface area contributed by atoms with Gasteiger partial charge in [0.2, 0.25) is 5.91 Å². The highest BCUT2D eigenvalue weighted by Gasteiger charge is 2.21. The number of carbonyl (C=O) groups excluding carboxylic acids is 1. The number of benzene rings is 1. The van der Waals surface area contributed by atoms with E-state index < -0.39 is 5.76 Å². The molecule has 3 N–H and O–H groups in total. The first-order chi connectivity index (χ1) is 9.54. The number of anilines is 2. The van der Waals surface area contributed by atoms with Crippen molar-refractivity contribution in [2.75, 3.05) is 37.3 Å². The summed E-state index contributed by atoms with van der Waals surface area (Å²) in [5.74, 6) is -0.453. The molecule has 7 heteroatoms. The Bertz CT molecular complexity index is 718. The van der Waals surface area contributed by atoms with Crippen LogP contribution in [0.5, 0.6) is 0 Å². The Morgan fingerprint density at radius 3 is 2.90 bits per heavy atom. The van der Waals surface area contributed by atoms with Crippen molar-refractivity contribution in [1.82, 2.24) is 9.88 Å². The first kappa shape index (κ1) is 12.6. The molecule has 7 nitrogen and oxygen atoms in total. The molecule has 0 unspecified atom stereocenters. The Hall–Kier alpha value is -2.44. The Morgan fingerprint density at radius 2 is 2.10 bits per heavy atom. The monoisotopic (exact) mass is 276 g/mol. The number of nitrogens with two attached hydrogens (primary N) is 1. The highest BCUT2D eigenvalue weighted by molar-refractivity contribution is 5.88. The highest BCUT2D eigenvalue weighted by atomic mass is 16.4. The second-order valence-electron chi connectivity index (χ2n) is 5.01. The van der Waals surface area contributed by atoms with Crippen LogP contribution in [0.3, 0.4) is 0 Å². The van der Waals surface area contributed by atoms with Gasteiger partial charge in [-0.25, -0.2) is 4.79 Å². The molecule has 1 aliphatic heterocycles. The van der Waals surface area contributed by atoms with Crippen molar-refractivity contribution in [2.45, 2.75) is 6.42 Å². The van der Waals surface area contributed by atoms with Crippen molar-refractivity contribution in [3.05, 3.63) is 22.7 Å². The second kappa shape index (κ2) is 4.59. The molecule has 0 saturated carbocycles. The van der Waals surface area contributed by atoms with Gasteiger partial charge in [0, 0.05) is 26.2 Å². The number of aromatic amines is 1. The van der Waals surface area contributed by atoms with Gasteiger partial charge in [-0.3, -0.25) is 9.78 Å². The maximum atomic E-state index is 11.9. The van der Waals surface area contributed by atoms with Crippen molar-refractivity contribution in [3.63, 3.8) is 0 Å². The zero-order valence-electron chi connectivity index (χ0n) is 11.2. The van der Waals surface area contributed by atoms with Gasteiger partial charge in [-0.05, 0) is 12.5 Å². The molecule has 1 aromatic heterocycles. The van der Waals surface area contributed by atoms with Gasteiger partial charge < -0.3 is 20.0 Å². The maximum Gasteiger partial charge on any atom is 0.417 e. The van der Waals surface area contributed by atoms with Crippen LogP contribution in [0.15, 0.2) is 21.3 Å². The fourth-order valence-electron chi connectivity index (χ4n) is 2.47. The van der Waals surface area contributed by atoms with Gasteiger partial charge in [-0.1, -0.05) is 0 Å². The highest BCUT2D eigenvalue weighted by Crippen LogP contribution is 2.28. The minimum Gasteiger partial charge on any atom is -0.408 e. The number of hydrogen-bond acceptors (Lipinski definition) is 5. The van der Waals surface area contributed by atoms with E-state index in [1.54, 1.807) is 24.1 Å². The number of hydrogen-bond donors (Lipinski definition) is 2. The number of aromatic nitrogens is 1. The molecule has 0 radical (unpaired) electrons. The summed E-state index contributed by atoms with van der Waals surface area (Å²) in [4.78, 5) is 29.4. The fraction of sp³-hybridized carbons (Fsp3) is 0.385. The van der Waals surface area contributed by atoms with E-state index in [1.165, 1.54) is 0 Å². The molecule has 20 heavy (non-hydrogen) atoms. The Labute approximate surface area is 114 Å². The van der Waals surface area contributed by atoms with E-state index >= 15 is 0 Å². The lowest BCUT2D eigenvalue weighted by atomic mass is 10.2. The number of amides is 1. The molecule has 0 aliphatic carbocycles. The first-order valence-electron chi connectivity index (χ1n) is 6.46. The zero-order valence-corrected chi connectivity index (χ0v) is 11.2. The summed E-state index contributed by atoms with van der Waals surface area (Å²) in [6.07, 6.45) is 0.877. The molecule has 0 spiro atoms. The lowest BCUT2D eigenvalue weighted by molar-refractivity contribution is -0.127. The average molecular weight is 276 g/mol. The van der Waals surface area contributed by atoms with Gasteiger partial charge in [0.15, 0.2) is 5.58 Å². The number of nitrogen functional groups attached to an aromatic ring is 1. The fourth-order valence-corrected chi connectivity index (χ4v) is 2.47. The summed E-state index contributed by atoms with van der Waals surface area (Å²) in [6, 6.07) is 3.37. The van der Waals surface area contributed by atoms with Crippen LogP contribution in [-0.2, 0) is 4.79 Å². The predicted octanol–water partition coefficient (Wildman–Crippen LogP) is 0.372. The number of nitrogens with one attached hydrogen (secondary N) is 1. The molecule has 1 aliphatic rings. The SMILES string of the molecule is CN1CCCN(c2cc3[nH]c(=O)oc3cc2N)CC1=O. The topological polar surface area (TPSA) is 95.6 Å². The summed E-state index contributed by atoms with van der Waals surface area (Å²) in [5.41, 5.74) is 8.27. The van der Waals surface area contributed by atoms with E-state index in [0.717, 1.165) is 25.2 Å². The first-order valence-corrected chi connectivity index (χ1v) is 6.46. The van der Waals surface area contributed by atoms with Crippen molar-refractivity contribution < 1.29 is 9.21 Å². The molecule has 106 valence electrons. The number of fused-ring (bicyclic) bond motifs is 1. The zero-order chi connectivity index (χ0) is 14.3. The normalized spacial score (nSPS) is 16.8. The van der Waals surface area contributed by atoms with Gasteiger partial charge >= 0.3 is 5.76 Å². The summed E-state index contributed by atoms with van der Waals surface area (Å²) < 4.78 is 4.97. The molecular weight excluding hydrogens is 260 g/mol. The van der Waals surface area contributed by atoms with Crippen LogP contribution < -0.4 is 16.4 Å². The molecule has 0 atom stereocenters. The third kappa shape index (κ3) is 2.11. The predicted molar refractivity (Wildman–Crippen MR) is 75.7 cm³/mol. The van der Waals surface area contributed by atoms with Crippen LogP contribution in [-0.4, -0.2) is 42.5 Å². The number of carbonyl (C=O) groups is 1. The molecule has 1 saturated heterocycles. The molecule has 2 aromatic rings. The number of H-pyrrole nitrogens is 1. The van der Waals surface area contributed by atoms with Crippen LogP contribution >= 0.6 is 0 Å². The lowest BCUT2D eigenvalue weighted by Gasteiger charge is -2.23. The van der Waals surface area contributed by atoms with Gasteiger partial charge in [-0.2, -0.15) is 0 Å². The van der Waals surface area contributed by atoms with Crippen LogP contribution in [0.2, 0.25) is 0 Å². The standard InChI is InChI=1S/C13H16N4O3/c1-16-3-2-4-17(7-12(16)18)10-6-9-11(5-8(10)14)20-13(19)15-9/h5-6H,2-4,7,14H2,1H3,(H,15,19). The van der Waals surface area contributed by atoms with Crippen LogP contribution in [0, 0.1) is 0 Å². The van der Waals surface area contributed by atoms with Gasteiger partial charge in [-0.15, -0.1) is 0 Å². The van der Waals surface area contributed by atoms with Gasteiger partial charge in [0.25, 0.3) is 0 Å². The Kier molecular flexibility index (Phi) is 2.89. The molecule has 1 fully saturated rings. The number of rotatable bonds is 1. The van der Waals surface area contributed by atoms with E-state index in [0.29, 0.717) is 16.8 Å². The van der Waals surface area contributed by atoms with Crippen LogP contribution in [0.4, 0.5) is 11.4 Å². The number of nitrogens with zero attached hydrogens (tertiary/aromatic N) is 2. The smallest absolute Gasteiger partial charge is 0.408 e. The molecule has 1 aromatic carbocycles. The Morgan fingerprint density at radius 1 is 1.30 bits per heavy atom. The van der Waals surface area contributed by atoms with Crippen LogP contribution in [0.25, 0.3) is 11.1 Å². The van der Waals surface area contributed by atoms with Gasteiger partial charge in [0.05, 0.1) is 23.4 Å². The van der Waals surface area contributed by atoms with E-state index in [1.807, 2.05) is 4.90 Å². The summed E-state index contributed by atoms with van der Waals surface area (Å²) >= 11 is 0. The summed E-state index contributed by atoms with van der Waals surface area (Å²) in [6.45, 7) is 1.77. The summed E-state index contributed by atoms with van der Waals surface area (Å²) in [7, 11) is 1.80. The molecule has 2 heterocycles. The summed E-state index contributed by atoms with van der Waals surface area (Å²) in [5, 5.41) is 0. The third-order valence-electron chi connectivity index (χ3n) is 3.58. The number of oxazole rings is 1. The van der Waals surface area contributed by atoms with E-state index in [-0.39, 0.29) is 12.5 Å². The van der Waals surface area contributed by atoms with Crippen molar-refractivity contribution in [2.24, 2.45) is 0 Å². The molecular formula is C13H16N4O3. The largest absolute Gasteiger partial charge is 0.417 e. The minimum absolute atomic E-state index is 0.0580. The van der Waals surface area contributed by atoms with Crippen molar-refractivity contribution in [3.8, 4) is 0 Å². The third-order valence-corrected chi connectivity index (χ3v) is 3.58. The molecule has 1 amide bonds. The molecule has 3 rings (SSSR count). The van der Waals surface area contributed by atoms with Gasteiger partial charge in [0.1, 0.15) is 0 Å². The van der Waals surface area contributed by atoms with Crippen molar-refractivity contribution in [1.29, 1.82) is 0 Å². The minimum atomic E-state index is -0.511.